The van der Waals surface area contributed by atoms with E-state index in [0.29, 0.717) is 13.0 Å². The van der Waals surface area contributed by atoms with E-state index in [4.69, 9.17) is 0 Å². The molecular weight excluding hydrogens is 283 g/mol. The quantitative estimate of drug-likeness (QED) is 0.894. The zero-order valence-corrected chi connectivity index (χ0v) is 11.7. The summed E-state index contributed by atoms with van der Waals surface area (Å²) in [5, 5.41) is 19.8. The minimum atomic E-state index is -4.63. The van der Waals surface area contributed by atoms with Crippen LogP contribution in [0.15, 0.2) is 30.3 Å². The van der Waals surface area contributed by atoms with E-state index in [-0.39, 0.29) is 19.4 Å². The van der Waals surface area contributed by atoms with E-state index in [9.17, 15) is 23.4 Å². The Kier molecular flexibility index (Phi) is 4.91. The van der Waals surface area contributed by atoms with Crippen molar-refractivity contribution in [1.29, 1.82) is 0 Å². The first kappa shape index (κ1) is 16.3. The lowest BCUT2D eigenvalue weighted by molar-refractivity contribution is -0.274. The van der Waals surface area contributed by atoms with Crippen molar-refractivity contribution < 1.29 is 23.4 Å². The second kappa shape index (κ2) is 6.34. The molecule has 1 fully saturated rings. The highest BCUT2D eigenvalue weighted by molar-refractivity contribution is 5.15. The summed E-state index contributed by atoms with van der Waals surface area (Å²) in [5.41, 5.74) is -1.72. The number of piperidine rings is 1. The van der Waals surface area contributed by atoms with Crippen LogP contribution >= 0.6 is 0 Å². The van der Waals surface area contributed by atoms with Gasteiger partial charge in [0.05, 0.1) is 6.10 Å². The topological polar surface area (TPSA) is 43.7 Å². The number of nitrogens with zero attached hydrogens (tertiary/aromatic N) is 1. The van der Waals surface area contributed by atoms with Crippen molar-refractivity contribution in [3.05, 3.63) is 35.9 Å². The van der Waals surface area contributed by atoms with Crippen LogP contribution < -0.4 is 0 Å². The van der Waals surface area contributed by atoms with Crippen LogP contribution in [-0.2, 0) is 6.42 Å². The van der Waals surface area contributed by atoms with Gasteiger partial charge < -0.3 is 10.2 Å². The molecule has 1 aromatic carbocycles. The highest BCUT2D eigenvalue weighted by Gasteiger charge is 2.55. The van der Waals surface area contributed by atoms with Gasteiger partial charge in [0.2, 0.25) is 0 Å². The molecule has 6 heteroatoms. The maximum Gasteiger partial charge on any atom is 0.418 e. The fourth-order valence-corrected chi connectivity index (χ4v) is 2.76. The lowest BCUT2D eigenvalue weighted by Gasteiger charge is -2.40. The summed E-state index contributed by atoms with van der Waals surface area (Å²) in [6.07, 6.45) is -4.99. The van der Waals surface area contributed by atoms with Gasteiger partial charge in [0, 0.05) is 13.1 Å². The molecule has 0 spiro atoms. The van der Waals surface area contributed by atoms with E-state index >= 15 is 0 Å². The van der Waals surface area contributed by atoms with E-state index in [1.165, 1.54) is 4.90 Å². The largest absolute Gasteiger partial charge is 0.418 e. The third-order valence-electron chi connectivity index (χ3n) is 3.86. The highest BCUT2D eigenvalue weighted by Crippen LogP contribution is 2.37. The molecule has 118 valence electrons. The molecule has 0 aliphatic carbocycles. The van der Waals surface area contributed by atoms with Gasteiger partial charge in [-0.1, -0.05) is 30.3 Å². The second-order valence-corrected chi connectivity index (χ2v) is 5.71. The maximum atomic E-state index is 12.8. The van der Waals surface area contributed by atoms with Gasteiger partial charge >= 0.3 is 6.18 Å². The fourth-order valence-electron chi connectivity index (χ4n) is 2.76. The Balaban J connectivity index is 1.91. The summed E-state index contributed by atoms with van der Waals surface area (Å²) in [6, 6.07) is 9.30. The van der Waals surface area contributed by atoms with Gasteiger partial charge in [-0.25, -0.2) is 0 Å². The number of hydrogen-bond donors (Lipinski definition) is 2. The van der Waals surface area contributed by atoms with Gasteiger partial charge in [-0.05, 0) is 31.4 Å². The van der Waals surface area contributed by atoms with Crippen LogP contribution in [0, 0.1) is 0 Å². The molecule has 21 heavy (non-hydrogen) atoms. The summed E-state index contributed by atoms with van der Waals surface area (Å²) < 4.78 is 38.5. The van der Waals surface area contributed by atoms with Crippen LogP contribution in [0.1, 0.15) is 18.4 Å². The molecule has 3 nitrogen and oxygen atoms in total. The zero-order chi connectivity index (χ0) is 15.5. The van der Waals surface area contributed by atoms with E-state index in [1.54, 1.807) is 0 Å². The smallest absolute Gasteiger partial charge is 0.391 e. The summed E-state index contributed by atoms with van der Waals surface area (Å²) in [4.78, 5) is 1.49. The number of benzene rings is 1. The summed E-state index contributed by atoms with van der Waals surface area (Å²) >= 11 is 0. The van der Waals surface area contributed by atoms with E-state index in [0.717, 1.165) is 5.56 Å². The summed E-state index contributed by atoms with van der Waals surface area (Å²) in [6.45, 7) is 0.125. The highest BCUT2D eigenvalue weighted by atomic mass is 19.4. The van der Waals surface area contributed by atoms with Crippen molar-refractivity contribution in [3.63, 3.8) is 0 Å². The summed E-state index contributed by atoms with van der Waals surface area (Å²) in [5.74, 6) is 0. The molecule has 2 unspecified atom stereocenters. The Morgan fingerprint density at radius 2 is 1.90 bits per heavy atom. The van der Waals surface area contributed by atoms with E-state index < -0.39 is 24.4 Å². The number of aliphatic hydroxyl groups is 2. The van der Waals surface area contributed by atoms with Crippen LogP contribution in [0.2, 0.25) is 0 Å². The average Bonchev–Trinajstić information content (AvgIpc) is 2.38. The predicted octanol–water partition coefficient (Wildman–Crippen LogP) is 1.98. The number of rotatable bonds is 4. The number of aliphatic hydroxyl groups excluding tert-OH is 1. The van der Waals surface area contributed by atoms with Crippen molar-refractivity contribution in [2.24, 2.45) is 0 Å². The van der Waals surface area contributed by atoms with Crippen LogP contribution in [0.4, 0.5) is 13.2 Å². The Morgan fingerprint density at radius 3 is 2.52 bits per heavy atom. The number of hydrogen-bond acceptors (Lipinski definition) is 3. The average molecular weight is 303 g/mol. The SMILES string of the molecule is OC(Cc1ccccc1)CN1CCCC(O)(C(F)(F)F)C1. The second-order valence-electron chi connectivity index (χ2n) is 5.71. The first-order valence-corrected chi connectivity index (χ1v) is 7.04. The number of β-amino-alcohol motifs (C(OH)–C–C–N with tert-alkyl or cyclic N) is 2. The Morgan fingerprint density at radius 1 is 1.24 bits per heavy atom. The zero-order valence-electron chi connectivity index (χ0n) is 11.7. The monoisotopic (exact) mass is 303 g/mol. The maximum absolute atomic E-state index is 12.8. The van der Waals surface area contributed by atoms with Crippen molar-refractivity contribution in [2.45, 2.75) is 37.1 Å². The van der Waals surface area contributed by atoms with Gasteiger partial charge in [-0.15, -0.1) is 0 Å². The molecule has 0 amide bonds. The number of likely N-dealkylation sites (tertiary alicyclic amines) is 1. The van der Waals surface area contributed by atoms with Gasteiger partial charge in [0.15, 0.2) is 5.60 Å². The molecule has 1 aromatic rings. The van der Waals surface area contributed by atoms with Crippen LogP contribution in [0.25, 0.3) is 0 Å². The molecule has 0 saturated carbocycles. The van der Waals surface area contributed by atoms with Crippen LogP contribution in [0.3, 0.4) is 0 Å². The Labute approximate surface area is 122 Å². The van der Waals surface area contributed by atoms with Gasteiger partial charge in [-0.3, -0.25) is 4.90 Å². The molecule has 1 aliphatic rings. The fraction of sp³-hybridized carbons (Fsp3) is 0.600. The van der Waals surface area contributed by atoms with E-state index in [2.05, 4.69) is 0 Å². The van der Waals surface area contributed by atoms with Gasteiger partial charge in [0.1, 0.15) is 0 Å². The van der Waals surface area contributed by atoms with Crippen LogP contribution in [-0.4, -0.2) is 52.6 Å². The molecule has 2 N–H and O–H groups in total. The van der Waals surface area contributed by atoms with Crippen molar-refractivity contribution >= 4 is 0 Å². The molecule has 2 atom stereocenters. The third kappa shape index (κ3) is 4.18. The van der Waals surface area contributed by atoms with Crippen molar-refractivity contribution in [3.8, 4) is 0 Å². The molecule has 0 aromatic heterocycles. The molecule has 1 aliphatic heterocycles. The first-order chi connectivity index (χ1) is 9.80. The standard InChI is InChI=1S/C15H20F3NO2/c16-15(17,18)14(21)7-4-8-19(11-14)10-13(20)9-12-5-2-1-3-6-12/h1-3,5-6,13,20-21H,4,7-11H2. The lowest BCUT2D eigenvalue weighted by atomic mass is 9.92. The normalized spacial score (nSPS) is 25.8. The molecule has 2 rings (SSSR count). The Hall–Kier alpha value is -1.11. The molecular formula is C15H20F3NO2. The molecule has 0 bridgehead atoms. The lowest BCUT2D eigenvalue weighted by Crippen LogP contribution is -2.57. The van der Waals surface area contributed by atoms with Crippen molar-refractivity contribution in [1.82, 2.24) is 4.90 Å². The first-order valence-electron chi connectivity index (χ1n) is 7.04. The van der Waals surface area contributed by atoms with Gasteiger partial charge in [0.25, 0.3) is 0 Å². The third-order valence-corrected chi connectivity index (χ3v) is 3.86. The number of halogens is 3. The van der Waals surface area contributed by atoms with Crippen molar-refractivity contribution in [2.75, 3.05) is 19.6 Å². The minimum absolute atomic E-state index is 0.132. The van der Waals surface area contributed by atoms with E-state index in [1.807, 2.05) is 30.3 Å². The molecule has 1 heterocycles. The van der Waals surface area contributed by atoms with Crippen LogP contribution in [0.5, 0.6) is 0 Å². The summed E-state index contributed by atoms with van der Waals surface area (Å²) in [7, 11) is 0. The molecule has 1 saturated heterocycles. The predicted molar refractivity (Wildman–Crippen MR) is 72.8 cm³/mol. The Bertz CT molecular complexity index is 452. The van der Waals surface area contributed by atoms with Gasteiger partial charge in [-0.2, -0.15) is 13.2 Å². The molecule has 0 radical (unpaired) electrons. The minimum Gasteiger partial charge on any atom is -0.391 e. The number of alkyl halides is 3.